The van der Waals surface area contributed by atoms with E-state index in [9.17, 15) is 14.4 Å². The van der Waals surface area contributed by atoms with Gasteiger partial charge in [-0.05, 0) is 49.7 Å². The standard InChI is InChI=1S/C25H24N4O4/c1-16-14-17(2)26-23-22(16)24(31)28(15-21(30)27(3)18-10-6-5-7-11-18)25(32)29(23)19-12-8-9-13-20(19)33-4/h5-14H,15H2,1-4H3. The number of fused-ring (bicyclic) bond motifs is 1. The number of likely N-dealkylation sites (N-methyl/N-ethyl adjacent to an activating group) is 1. The molecule has 0 atom stereocenters. The Balaban J connectivity index is 1.98. The molecule has 0 spiro atoms. The molecule has 0 saturated carbocycles. The molecule has 0 saturated heterocycles. The largest absolute Gasteiger partial charge is 0.495 e. The van der Waals surface area contributed by atoms with Crippen LogP contribution in [0.4, 0.5) is 5.69 Å². The molecule has 2 aromatic heterocycles. The maximum absolute atomic E-state index is 13.6. The lowest BCUT2D eigenvalue weighted by molar-refractivity contribution is -0.119. The van der Waals surface area contributed by atoms with Crippen molar-refractivity contribution >= 4 is 22.6 Å². The Morgan fingerprint density at radius 1 is 1.03 bits per heavy atom. The van der Waals surface area contributed by atoms with E-state index in [0.29, 0.717) is 28.4 Å². The van der Waals surface area contributed by atoms with Crippen LogP contribution in [0, 0.1) is 13.8 Å². The lowest BCUT2D eigenvalue weighted by Crippen LogP contribution is -2.44. The highest BCUT2D eigenvalue weighted by molar-refractivity contribution is 5.92. The Morgan fingerprint density at radius 3 is 2.39 bits per heavy atom. The predicted octanol–water partition coefficient (Wildman–Crippen LogP) is 2.84. The summed E-state index contributed by atoms with van der Waals surface area (Å²) < 4.78 is 7.76. The highest BCUT2D eigenvalue weighted by Crippen LogP contribution is 2.24. The molecule has 8 nitrogen and oxygen atoms in total. The van der Waals surface area contributed by atoms with Gasteiger partial charge in [0.1, 0.15) is 12.3 Å². The molecule has 0 fully saturated rings. The number of aromatic nitrogens is 3. The first-order valence-corrected chi connectivity index (χ1v) is 10.4. The summed E-state index contributed by atoms with van der Waals surface area (Å²) in [7, 11) is 3.11. The van der Waals surface area contributed by atoms with Crippen LogP contribution < -0.4 is 20.9 Å². The Morgan fingerprint density at radius 2 is 1.70 bits per heavy atom. The van der Waals surface area contributed by atoms with Crippen LogP contribution in [0.3, 0.4) is 0 Å². The summed E-state index contributed by atoms with van der Waals surface area (Å²) in [6, 6.07) is 17.8. The Bertz CT molecular complexity index is 1470. The summed E-state index contributed by atoms with van der Waals surface area (Å²) in [6.07, 6.45) is 0. The number of hydrogen-bond acceptors (Lipinski definition) is 5. The van der Waals surface area contributed by atoms with Crippen LogP contribution in [-0.2, 0) is 11.3 Å². The number of anilines is 1. The smallest absolute Gasteiger partial charge is 0.337 e. The van der Waals surface area contributed by atoms with E-state index in [1.807, 2.05) is 18.2 Å². The van der Waals surface area contributed by atoms with Crippen molar-refractivity contribution in [3.63, 3.8) is 0 Å². The zero-order valence-electron chi connectivity index (χ0n) is 18.9. The molecule has 0 aliphatic carbocycles. The highest BCUT2D eigenvalue weighted by Gasteiger charge is 2.22. The fourth-order valence-corrected chi connectivity index (χ4v) is 3.88. The number of aryl methyl sites for hydroxylation is 2. The first-order valence-electron chi connectivity index (χ1n) is 10.4. The lowest BCUT2D eigenvalue weighted by atomic mass is 10.1. The van der Waals surface area contributed by atoms with Gasteiger partial charge in [-0.1, -0.05) is 30.3 Å². The van der Waals surface area contributed by atoms with Crippen LogP contribution in [0.2, 0.25) is 0 Å². The number of carbonyl (C=O) groups is 1. The third-order valence-corrected chi connectivity index (χ3v) is 5.56. The molecule has 0 radical (unpaired) electrons. The van der Waals surface area contributed by atoms with Gasteiger partial charge in [-0.3, -0.25) is 9.59 Å². The number of carbonyl (C=O) groups excluding carboxylic acids is 1. The highest BCUT2D eigenvalue weighted by atomic mass is 16.5. The molecule has 0 aliphatic rings. The van der Waals surface area contributed by atoms with Crippen molar-refractivity contribution in [3.8, 4) is 11.4 Å². The van der Waals surface area contributed by atoms with Crippen LogP contribution in [0.1, 0.15) is 11.3 Å². The Kier molecular flexibility index (Phi) is 5.83. The number of rotatable bonds is 5. The number of hydrogen-bond donors (Lipinski definition) is 0. The van der Waals surface area contributed by atoms with Gasteiger partial charge in [0.2, 0.25) is 5.91 Å². The lowest BCUT2D eigenvalue weighted by Gasteiger charge is -2.20. The van der Waals surface area contributed by atoms with Crippen molar-refractivity contribution < 1.29 is 9.53 Å². The van der Waals surface area contributed by atoms with Gasteiger partial charge < -0.3 is 9.64 Å². The second kappa shape index (κ2) is 8.74. The van der Waals surface area contributed by atoms with Gasteiger partial charge in [-0.2, -0.15) is 0 Å². The second-order valence-electron chi connectivity index (χ2n) is 7.75. The van der Waals surface area contributed by atoms with Crippen molar-refractivity contribution in [3.05, 3.63) is 92.8 Å². The van der Waals surface area contributed by atoms with E-state index < -0.39 is 23.7 Å². The number of ether oxygens (including phenoxy) is 1. The van der Waals surface area contributed by atoms with E-state index in [-0.39, 0.29) is 11.0 Å². The van der Waals surface area contributed by atoms with E-state index in [0.717, 1.165) is 4.57 Å². The predicted molar refractivity (Wildman–Crippen MR) is 127 cm³/mol. The minimum atomic E-state index is -0.663. The molecule has 168 valence electrons. The molecule has 0 bridgehead atoms. The monoisotopic (exact) mass is 444 g/mol. The van der Waals surface area contributed by atoms with Crippen molar-refractivity contribution in [1.29, 1.82) is 0 Å². The molecule has 0 unspecified atom stereocenters. The van der Waals surface area contributed by atoms with Gasteiger partial charge in [0.25, 0.3) is 5.56 Å². The number of nitrogens with zero attached hydrogens (tertiary/aromatic N) is 4. The Labute approximate surface area is 190 Å². The van der Waals surface area contributed by atoms with Crippen LogP contribution in [0.25, 0.3) is 16.7 Å². The third kappa shape index (κ3) is 3.91. The third-order valence-electron chi connectivity index (χ3n) is 5.56. The van der Waals surface area contributed by atoms with Crippen molar-refractivity contribution in [2.45, 2.75) is 20.4 Å². The normalized spacial score (nSPS) is 10.9. The van der Waals surface area contributed by atoms with Gasteiger partial charge in [0.05, 0.1) is 18.2 Å². The summed E-state index contributed by atoms with van der Waals surface area (Å²) in [6.45, 7) is 3.17. The number of pyridine rings is 1. The van der Waals surface area contributed by atoms with Crippen molar-refractivity contribution in [2.24, 2.45) is 0 Å². The fourth-order valence-electron chi connectivity index (χ4n) is 3.88. The number of benzene rings is 2. The summed E-state index contributed by atoms with van der Waals surface area (Å²) in [5, 5.41) is 0.279. The van der Waals surface area contributed by atoms with Crippen LogP contribution in [0.15, 0.2) is 70.3 Å². The average Bonchev–Trinajstić information content (AvgIpc) is 2.81. The minimum Gasteiger partial charge on any atom is -0.495 e. The quantitative estimate of drug-likeness (QED) is 0.473. The summed E-state index contributed by atoms with van der Waals surface area (Å²) in [5.41, 5.74) is 1.45. The van der Waals surface area contributed by atoms with E-state index in [4.69, 9.17) is 4.74 Å². The van der Waals surface area contributed by atoms with Gasteiger partial charge in [-0.25, -0.2) is 18.9 Å². The van der Waals surface area contributed by atoms with Crippen LogP contribution in [0.5, 0.6) is 5.75 Å². The zero-order valence-corrected chi connectivity index (χ0v) is 18.9. The van der Waals surface area contributed by atoms with Gasteiger partial charge >= 0.3 is 5.69 Å². The summed E-state index contributed by atoms with van der Waals surface area (Å²) in [4.78, 5) is 46.0. The average molecular weight is 444 g/mol. The number of para-hydroxylation sites is 3. The molecular weight excluding hydrogens is 420 g/mol. The molecule has 33 heavy (non-hydrogen) atoms. The summed E-state index contributed by atoms with van der Waals surface area (Å²) in [5.74, 6) is 0.0452. The van der Waals surface area contributed by atoms with Gasteiger partial charge in [0.15, 0.2) is 5.65 Å². The first kappa shape index (κ1) is 22.0. The van der Waals surface area contributed by atoms with Crippen LogP contribution >= 0.6 is 0 Å². The molecule has 4 rings (SSSR count). The zero-order chi connectivity index (χ0) is 23.7. The summed E-state index contributed by atoms with van der Waals surface area (Å²) >= 11 is 0. The maximum Gasteiger partial charge on any atom is 0.337 e. The van der Waals surface area contributed by atoms with Gasteiger partial charge in [0, 0.05) is 18.4 Å². The SMILES string of the molecule is COc1ccccc1-n1c(=O)n(CC(=O)N(C)c2ccccc2)c(=O)c2c(C)cc(C)nc21. The van der Waals surface area contributed by atoms with Crippen molar-refractivity contribution in [2.75, 3.05) is 19.1 Å². The first-order chi connectivity index (χ1) is 15.8. The number of methoxy groups -OCH3 is 1. The maximum atomic E-state index is 13.6. The molecule has 1 amide bonds. The molecule has 2 aromatic carbocycles. The molecule has 0 N–H and O–H groups in total. The van der Waals surface area contributed by atoms with E-state index >= 15 is 0 Å². The molecule has 4 aromatic rings. The number of amides is 1. The van der Waals surface area contributed by atoms with Gasteiger partial charge in [-0.15, -0.1) is 0 Å². The molecule has 2 heterocycles. The molecule has 0 aliphatic heterocycles. The molecule has 8 heteroatoms. The topological polar surface area (TPSA) is 86.4 Å². The minimum absolute atomic E-state index is 0.229. The second-order valence-corrected chi connectivity index (χ2v) is 7.75. The molecular formula is C25H24N4O4. The fraction of sp³-hybridized carbons (Fsp3) is 0.200. The van der Waals surface area contributed by atoms with Crippen LogP contribution in [-0.4, -0.2) is 34.2 Å². The van der Waals surface area contributed by atoms with E-state index in [1.54, 1.807) is 63.4 Å². The van der Waals surface area contributed by atoms with E-state index in [1.165, 1.54) is 16.6 Å². The van der Waals surface area contributed by atoms with Crippen molar-refractivity contribution in [1.82, 2.24) is 14.1 Å². The van der Waals surface area contributed by atoms with E-state index in [2.05, 4.69) is 4.98 Å². The Hall–Kier alpha value is -4.20.